The Morgan fingerprint density at radius 2 is 1.68 bits per heavy atom. The van der Waals surface area contributed by atoms with Gasteiger partial charge in [0.2, 0.25) is 0 Å². The molecule has 3 rings (SSSR count). The Labute approximate surface area is 114 Å². The quantitative estimate of drug-likeness (QED) is 0.491. The smallest absolute Gasteiger partial charge is 0.194 e. The molecule has 19 heavy (non-hydrogen) atoms. The van der Waals surface area contributed by atoms with Gasteiger partial charge in [-0.05, 0) is 23.8 Å². The Morgan fingerprint density at radius 1 is 1.00 bits per heavy atom. The largest absolute Gasteiger partial charge is 0.235 e. The van der Waals surface area contributed by atoms with Gasteiger partial charge in [-0.2, -0.15) is 0 Å². The highest BCUT2D eigenvalue weighted by Crippen LogP contribution is 2.36. The molecule has 0 radical (unpaired) electrons. The van der Waals surface area contributed by atoms with Gasteiger partial charge in [-0.25, -0.2) is 23.1 Å². The number of benzene rings is 1. The van der Waals surface area contributed by atoms with Crippen LogP contribution in [0.1, 0.15) is 0 Å². The number of nitrogens with zero attached hydrogens (tertiary/aromatic N) is 2. The number of hydrogen-bond acceptors (Lipinski definition) is 3. The summed E-state index contributed by atoms with van der Waals surface area (Å²) in [6.07, 6.45) is 1.30. The van der Waals surface area contributed by atoms with E-state index in [9.17, 15) is 13.2 Å². The van der Waals surface area contributed by atoms with E-state index in [1.807, 2.05) is 0 Å². The van der Waals surface area contributed by atoms with Crippen molar-refractivity contribution in [3.8, 4) is 10.4 Å². The Kier molecular flexibility index (Phi) is 2.91. The predicted molar refractivity (Wildman–Crippen MR) is 67.7 cm³/mol. The van der Waals surface area contributed by atoms with Gasteiger partial charge in [-0.15, -0.1) is 11.3 Å². The number of hydrogen-bond donors (Lipinski definition) is 0. The van der Waals surface area contributed by atoms with Gasteiger partial charge in [0.05, 0.1) is 10.2 Å². The van der Waals surface area contributed by atoms with E-state index < -0.39 is 17.5 Å². The second-order valence-electron chi connectivity index (χ2n) is 3.74. The van der Waals surface area contributed by atoms with Crippen molar-refractivity contribution < 1.29 is 13.2 Å². The van der Waals surface area contributed by atoms with Gasteiger partial charge < -0.3 is 0 Å². The number of thiophene rings is 1. The second-order valence-corrected chi connectivity index (χ2v) is 5.15. The van der Waals surface area contributed by atoms with E-state index in [-0.39, 0.29) is 10.7 Å². The van der Waals surface area contributed by atoms with Crippen LogP contribution in [0.2, 0.25) is 5.15 Å². The molecular formula is C12H4ClF3N2S. The van der Waals surface area contributed by atoms with Gasteiger partial charge in [-0.1, -0.05) is 11.6 Å². The van der Waals surface area contributed by atoms with Crippen molar-refractivity contribution in [1.82, 2.24) is 9.97 Å². The summed E-state index contributed by atoms with van der Waals surface area (Å²) in [5.74, 6) is -3.95. The summed E-state index contributed by atoms with van der Waals surface area (Å²) >= 11 is 7.08. The predicted octanol–water partition coefficient (Wildman–Crippen LogP) is 4.43. The molecule has 2 heterocycles. The van der Waals surface area contributed by atoms with E-state index in [0.717, 1.165) is 12.1 Å². The number of rotatable bonds is 1. The summed E-state index contributed by atoms with van der Waals surface area (Å²) in [5, 5.41) is 0.268. The SMILES string of the molecule is Fc1cc(-c2cc3ncnc(Cl)c3s2)cc(F)c1F. The maximum Gasteiger partial charge on any atom is 0.194 e. The topological polar surface area (TPSA) is 25.8 Å². The van der Waals surface area contributed by atoms with Crippen molar-refractivity contribution in [2.24, 2.45) is 0 Å². The van der Waals surface area contributed by atoms with E-state index in [1.54, 1.807) is 6.07 Å². The monoisotopic (exact) mass is 300 g/mol. The average Bonchev–Trinajstić information content (AvgIpc) is 2.81. The zero-order valence-electron chi connectivity index (χ0n) is 9.12. The zero-order valence-corrected chi connectivity index (χ0v) is 10.7. The highest BCUT2D eigenvalue weighted by atomic mass is 35.5. The molecule has 0 aliphatic carbocycles. The van der Waals surface area contributed by atoms with E-state index in [0.29, 0.717) is 15.1 Å². The molecule has 0 saturated carbocycles. The third-order valence-electron chi connectivity index (χ3n) is 2.54. The van der Waals surface area contributed by atoms with Crippen LogP contribution in [0.3, 0.4) is 0 Å². The highest BCUT2D eigenvalue weighted by Gasteiger charge is 2.14. The molecule has 0 atom stereocenters. The number of fused-ring (bicyclic) bond motifs is 1. The van der Waals surface area contributed by atoms with E-state index in [4.69, 9.17) is 11.6 Å². The van der Waals surface area contributed by atoms with Gasteiger partial charge in [-0.3, -0.25) is 0 Å². The Bertz CT molecular complexity index is 765. The van der Waals surface area contributed by atoms with Gasteiger partial charge >= 0.3 is 0 Å². The van der Waals surface area contributed by atoms with Gasteiger partial charge in [0.1, 0.15) is 11.5 Å². The van der Waals surface area contributed by atoms with E-state index >= 15 is 0 Å². The third-order valence-corrected chi connectivity index (χ3v) is 4.11. The molecule has 2 aromatic heterocycles. The minimum absolute atomic E-state index is 0.232. The van der Waals surface area contributed by atoms with E-state index in [1.165, 1.54) is 17.7 Å². The van der Waals surface area contributed by atoms with Crippen molar-refractivity contribution in [3.05, 3.63) is 47.1 Å². The molecule has 0 amide bonds. The normalized spacial score (nSPS) is 11.2. The number of halogens is 4. The molecule has 1 aromatic carbocycles. The van der Waals surface area contributed by atoms with Crippen LogP contribution >= 0.6 is 22.9 Å². The molecule has 0 saturated heterocycles. The lowest BCUT2D eigenvalue weighted by molar-refractivity contribution is 0.448. The van der Waals surface area contributed by atoms with Gasteiger partial charge in [0.25, 0.3) is 0 Å². The zero-order chi connectivity index (χ0) is 13.6. The molecule has 0 bridgehead atoms. The lowest BCUT2D eigenvalue weighted by atomic mass is 10.1. The molecule has 96 valence electrons. The standard InChI is InChI=1S/C12H4ClF3N2S/c13-12-11-8(17-4-18-12)3-9(19-11)5-1-6(14)10(16)7(15)2-5/h1-4H. The summed E-state index contributed by atoms with van der Waals surface area (Å²) in [5.41, 5.74) is 0.806. The summed E-state index contributed by atoms with van der Waals surface area (Å²) in [6.45, 7) is 0. The van der Waals surface area contributed by atoms with Crippen LogP contribution in [0.25, 0.3) is 20.7 Å². The first-order valence-corrected chi connectivity index (χ1v) is 6.30. The van der Waals surface area contributed by atoms with Crippen LogP contribution in [0.5, 0.6) is 0 Å². The molecule has 0 unspecified atom stereocenters. The molecule has 0 spiro atoms. The fourth-order valence-corrected chi connectivity index (χ4v) is 2.90. The molecule has 0 fully saturated rings. The highest BCUT2D eigenvalue weighted by molar-refractivity contribution is 7.22. The minimum atomic E-state index is -1.48. The second kappa shape index (κ2) is 4.47. The van der Waals surface area contributed by atoms with Crippen molar-refractivity contribution in [3.63, 3.8) is 0 Å². The maximum atomic E-state index is 13.2. The Morgan fingerprint density at radius 3 is 2.32 bits per heavy atom. The molecule has 3 aromatic rings. The van der Waals surface area contributed by atoms with Crippen LogP contribution in [0.15, 0.2) is 24.5 Å². The van der Waals surface area contributed by atoms with Gasteiger partial charge in [0, 0.05) is 4.88 Å². The van der Waals surface area contributed by atoms with Crippen LogP contribution in [0.4, 0.5) is 13.2 Å². The minimum Gasteiger partial charge on any atom is -0.235 e. The summed E-state index contributed by atoms with van der Waals surface area (Å²) in [6, 6.07) is 3.49. The van der Waals surface area contributed by atoms with Crippen LogP contribution in [-0.4, -0.2) is 9.97 Å². The third kappa shape index (κ3) is 2.06. The first-order valence-electron chi connectivity index (χ1n) is 5.11. The van der Waals surface area contributed by atoms with Gasteiger partial charge in [0.15, 0.2) is 17.5 Å². The first-order chi connectivity index (χ1) is 9.06. The Hall–Kier alpha value is -1.66. The number of aromatic nitrogens is 2. The molecule has 0 N–H and O–H groups in total. The first kappa shape index (κ1) is 12.4. The fraction of sp³-hybridized carbons (Fsp3) is 0. The summed E-state index contributed by atoms with van der Waals surface area (Å²) in [4.78, 5) is 8.36. The molecule has 0 aliphatic rings. The fourth-order valence-electron chi connectivity index (χ4n) is 1.67. The molecule has 0 aliphatic heterocycles. The van der Waals surface area contributed by atoms with Crippen molar-refractivity contribution in [2.45, 2.75) is 0 Å². The lowest BCUT2D eigenvalue weighted by Gasteiger charge is -2.00. The van der Waals surface area contributed by atoms with Crippen molar-refractivity contribution in [1.29, 1.82) is 0 Å². The van der Waals surface area contributed by atoms with Crippen LogP contribution in [0, 0.1) is 17.5 Å². The molecular weight excluding hydrogens is 297 g/mol. The van der Waals surface area contributed by atoms with Crippen molar-refractivity contribution in [2.75, 3.05) is 0 Å². The molecule has 7 heteroatoms. The van der Waals surface area contributed by atoms with Crippen LogP contribution < -0.4 is 0 Å². The van der Waals surface area contributed by atoms with Crippen LogP contribution in [-0.2, 0) is 0 Å². The maximum absolute atomic E-state index is 13.2. The Balaban J connectivity index is 2.22. The van der Waals surface area contributed by atoms with Crippen molar-refractivity contribution >= 4 is 33.2 Å². The summed E-state index contributed by atoms with van der Waals surface area (Å²) in [7, 11) is 0. The van der Waals surface area contributed by atoms with E-state index in [2.05, 4.69) is 9.97 Å². The molecule has 2 nitrogen and oxygen atoms in total. The summed E-state index contributed by atoms with van der Waals surface area (Å²) < 4.78 is 39.9. The average molecular weight is 301 g/mol. The lowest BCUT2D eigenvalue weighted by Crippen LogP contribution is -1.90.